The molecule has 1 aliphatic carbocycles. The van der Waals surface area contributed by atoms with E-state index in [0.29, 0.717) is 31.7 Å². The number of carboxylic acids is 5. The Morgan fingerprint density at radius 3 is 1.57 bits per heavy atom. The second kappa shape index (κ2) is 19.3. The fourth-order valence-corrected chi connectivity index (χ4v) is 6.73. The molecule has 0 spiro atoms. The van der Waals surface area contributed by atoms with Gasteiger partial charge in [0.25, 0.3) is 5.56 Å². The van der Waals surface area contributed by atoms with Crippen molar-refractivity contribution >= 4 is 52.3 Å². The van der Waals surface area contributed by atoms with E-state index in [2.05, 4.69) is 5.32 Å². The summed E-state index contributed by atoms with van der Waals surface area (Å²) in [6, 6.07) is 2.82. The molecule has 2 aromatic rings. The van der Waals surface area contributed by atoms with Crippen molar-refractivity contribution in [1.29, 1.82) is 0 Å². The van der Waals surface area contributed by atoms with Gasteiger partial charge in [-0.1, -0.05) is 18.9 Å². The molecule has 0 aliphatic heterocycles. The molecule has 21 heteroatoms. The topological polar surface area (TPSA) is 251 Å². The smallest absolute Gasteiger partial charge is 0.417 e. The number of rotatable bonds is 21. The predicted molar refractivity (Wildman–Crippen MR) is 183 cm³/mol. The van der Waals surface area contributed by atoms with E-state index >= 15 is 0 Å². The summed E-state index contributed by atoms with van der Waals surface area (Å²) in [6.45, 7) is -3.95. The van der Waals surface area contributed by atoms with Crippen molar-refractivity contribution in [2.24, 2.45) is 7.05 Å². The molecule has 0 unspecified atom stereocenters. The predicted octanol–water partition coefficient (Wildman–Crippen LogP) is 0.438. The lowest BCUT2D eigenvalue weighted by Crippen LogP contribution is -2.58. The fourth-order valence-electron chi connectivity index (χ4n) is 6.73. The van der Waals surface area contributed by atoms with Crippen LogP contribution >= 0.6 is 0 Å². The number of amides is 1. The van der Waals surface area contributed by atoms with Crippen LogP contribution < -0.4 is 10.9 Å². The van der Waals surface area contributed by atoms with E-state index < -0.39 is 104 Å². The zero-order valence-corrected chi connectivity index (χ0v) is 29.3. The number of aromatic nitrogens is 1. The van der Waals surface area contributed by atoms with Gasteiger partial charge in [0, 0.05) is 62.5 Å². The monoisotopic (exact) mass is 772 g/mol. The van der Waals surface area contributed by atoms with Gasteiger partial charge in [0.15, 0.2) is 0 Å². The van der Waals surface area contributed by atoms with Crippen molar-refractivity contribution in [3.63, 3.8) is 0 Å². The number of hydrogen-bond donors (Lipinski definition) is 6. The summed E-state index contributed by atoms with van der Waals surface area (Å²) in [6.07, 6.45) is -2.77. The minimum absolute atomic E-state index is 0.0461. The molecule has 1 aromatic carbocycles. The van der Waals surface area contributed by atoms with E-state index in [9.17, 15) is 72.3 Å². The third-order valence-electron chi connectivity index (χ3n) is 9.00. The molecular weight excluding hydrogens is 729 g/mol. The number of nitrogens with one attached hydrogen (secondary N) is 1. The van der Waals surface area contributed by atoms with Crippen LogP contribution in [0.15, 0.2) is 29.1 Å². The van der Waals surface area contributed by atoms with Crippen molar-refractivity contribution in [2.75, 3.05) is 70.8 Å². The average molecular weight is 773 g/mol. The van der Waals surface area contributed by atoms with E-state index in [-0.39, 0.29) is 42.8 Å². The van der Waals surface area contributed by atoms with Gasteiger partial charge in [-0.05, 0) is 25.0 Å². The Bertz CT molecular complexity index is 1740. The SMILES string of the molecule is Cn1c(=O)cc(C(F)(F)F)c2ccc(NC(=O)CN(CCN(CC(=O)O)CC(=O)O)[C@H]3CCCC[C@@H]3N(CCN(CC(=O)O)CC(=O)O)CC(=O)O)cc21. The molecule has 298 valence electrons. The summed E-state index contributed by atoms with van der Waals surface area (Å²) in [4.78, 5) is 89.2. The zero-order chi connectivity index (χ0) is 40.3. The van der Waals surface area contributed by atoms with E-state index in [0.717, 1.165) is 20.4 Å². The normalized spacial score (nSPS) is 16.3. The zero-order valence-electron chi connectivity index (χ0n) is 29.3. The molecule has 1 aliphatic rings. The lowest BCUT2D eigenvalue weighted by Gasteiger charge is -2.45. The first-order valence-electron chi connectivity index (χ1n) is 16.8. The van der Waals surface area contributed by atoms with Crippen LogP contribution in [-0.4, -0.2) is 163 Å². The Labute approximate surface area is 305 Å². The van der Waals surface area contributed by atoms with Gasteiger partial charge in [0.05, 0.1) is 50.3 Å². The minimum Gasteiger partial charge on any atom is -0.480 e. The second-order valence-electron chi connectivity index (χ2n) is 13.0. The highest BCUT2D eigenvalue weighted by Gasteiger charge is 2.37. The van der Waals surface area contributed by atoms with Crippen molar-refractivity contribution in [1.82, 2.24) is 24.2 Å². The molecule has 3 rings (SSSR count). The summed E-state index contributed by atoms with van der Waals surface area (Å²) >= 11 is 0. The molecule has 1 aromatic heterocycles. The van der Waals surface area contributed by atoms with Gasteiger partial charge in [0.2, 0.25) is 5.91 Å². The maximum absolute atomic E-state index is 13.7. The van der Waals surface area contributed by atoms with Crippen LogP contribution in [0.5, 0.6) is 0 Å². The third kappa shape index (κ3) is 13.1. The number of nitrogens with zero attached hydrogens (tertiary/aromatic N) is 5. The molecule has 6 N–H and O–H groups in total. The third-order valence-corrected chi connectivity index (χ3v) is 9.00. The Kier molecular flexibility index (Phi) is 15.5. The van der Waals surface area contributed by atoms with Crippen molar-refractivity contribution in [2.45, 2.75) is 43.9 Å². The van der Waals surface area contributed by atoms with E-state index in [1.165, 1.54) is 19.2 Å². The van der Waals surface area contributed by atoms with Crippen molar-refractivity contribution < 1.29 is 67.5 Å². The average Bonchev–Trinajstić information content (AvgIpc) is 3.04. The second-order valence-corrected chi connectivity index (χ2v) is 13.0. The molecule has 1 fully saturated rings. The van der Waals surface area contributed by atoms with Crippen LogP contribution in [0, 0.1) is 0 Å². The highest BCUT2D eigenvalue weighted by atomic mass is 19.4. The molecule has 0 bridgehead atoms. The first-order valence-corrected chi connectivity index (χ1v) is 16.8. The van der Waals surface area contributed by atoms with Crippen LogP contribution in [0.1, 0.15) is 31.2 Å². The lowest BCUT2D eigenvalue weighted by atomic mass is 9.87. The van der Waals surface area contributed by atoms with Crippen LogP contribution in [0.2, 0.25) is 0 Å². The maximum Gasteiger partial charge on any atom is 0.417 e. The van der Waals surface area contributed by atoms with Gasteiger partial charge in [-0.15, -0.1) is 0 Å². The minimum atomic E-state index is -4.83. The van der Waals surface area contributed by atoms with E-state index in [1.807, 2.05) is 0 Å². The number of pyridine rings is 1. The molecular formula is C33H43F3N6O12. The quantitative estimate of drug-likeness (QED) is 0.101. The first-order chi connectivity index (χ1) is 25.2. The summed E-state index contributed by atoms with van der Waals surface area (Å²) in [5, 5.41) is 49.4. The summed E-state index contributed by atoms with van der Waals surface area (Å²) in [7, 11) is 1.27. The Morgan fingerprint density at radius 2 is 1.15 bits per heavy atom. The van der Waals surface area contributed by atoms with Crippen LogP contribution in [0.3, 0.4) is 0 Å². The Morgan fingerprint density at radius 1 is 0.704 bits per heavy atom. The summed E-state index contributed by atoms with van der Waals surface area (Å²) < 4.78 is 42.1. The number of carboxylic acid groups (broad SMARTS) is 5. The number of aryl methyl sites for hydroxylation is 1. The van der Waals surface area contributed by atoms with Gasteiger partial charge < -0.3 is 35.4 Å². The van der Waals surface area contributed by atoms with E-state index in [4.69, 9.17) is 0 Å². The van der Waals surface area contributed by atoms with Crippen LogP contribution in [0.25, 0.3) is 10.9 Å². The number of anilines is 1. The van der Waals surface area contributed by atoms with Gasteiger partial charge in [0.1, 0.15) is 0 Å². The number of carbonyl (C=O) groups is 6. The fraction of sp³-hybridized carbons (Fsp3) is 0.545. The lowest BCUT2D eigenvalue weighted by molar-refractivity contribution is -0.144. The largest absolute Gasteiger partial charge is 0.480 e. The standard InChI is InChI=1S/C33H43F3N6O12/c1-38-25-12-20(6-7-21(25)22(13-27(38)44)33(34,35)36)37-26(43)14-41(10-8-39(15-28(45)46)16-29(47)48)23-4-2-3-5-24(23)42(19-32(53)54)11-9-40(17-30(49)50)18-31(51)52/h6-7,12-13,23-24H,2-5,8-11,14-19H2,1H3,(H,37,43)(H,45,46)(H,47,48)(H,49,50)(H,51,52)(H,53,54)/t23-,24-/m0/s1. The number of fused-ring (bicyclic) bond motifs is 1. The Balaban J connectivity index is 1.97. The summed E-state index contributed by atoms with van der Waals surface area (Å²) in [5.74, 6) is -7.13. The number of benzene rings is 1. The Hall–Kier alpha value is -5.12. The van der Waals surface area contributed by atoms with Crippen LogP contribution in [0.4, 0.5) is 18.9 Å². The molecule has 1 saturated carbocycles. The van der Waals surface area contributed by atoms with Gasteiger partial charge in [-0.2, -0.15) is 13.2 Å². The number of halogens is 3. The number of hydrogen-bond acceptors (Lipinski definition) is 11. The van der Waals surface area contributed by atoms with Crippen LogP contribution in [-0.2, 0) is 42.0 Å². The molecule has 2 atom stereocenters. The highest BCUT2D eigenvalue weighted by Crippen LogP contribution is 2.34. The molecule has 0 saturated heterocycles. The van der Waals surface area contributed by atoms with Crippen molar-refractivity contribution in [3.8, 4) is 0 Å². The molecule has 0 radical (unpaired) electrons. The number of aliphatic carboxylic acids is 5. The maximum atomic E-state index is 13.7. The van der Waals surface area contributed by atoms with Gasteiger partial charge in [-0.3, -0.25) is 53.2 Å². The van der Waals surface area contributed by atoms with Gasteiger partial charge >= 0.3 is 36.0 Å². The molecule has 1 amide bonds. The summed E-state index contributed by atoms with van der Waals surface area (Å²) in [5.41, 5.74) is -2.15. The molecule has 54 heavy (non-hydrogen) atoms. The highest BCUT2D eigenvalue weighted by molar-refractivity contribution is 5.95. The molecule has 1 heterocycles. The molecule has 18 nitrogen and oxygen atoms in total. The number of alkyl halides is 3. The van der Waals surface area contributed by atoms with E-state index in [1.54, 1.807) is 9.80 Å². The first kappa shape index (κ1) is 43.3. The van der Waals surface area contributed by atoms with Crippen molar-refractivity contribution in [3.05, 3.63) is 40.2 Å². The number of carbonyl (C=O) groups excluding carboxylic acids is 1. The van der Waals surface area contributed by atoms with Gasteiger partial charge in [-0.25, -0.2) is 0 Å².